The minimum Gasteiger partial charge on any atom is -0.388 e. The first-order valence-electron chi connectivity index (χ1n) is 12.1. The normalized spacial score (nSPS) is 24.2. The van der Waals surface area contributed by atoms with E-state index in [0.29, 0.717) is 41.4 Å². The molecule has 0 aliphatic heterocycles. The van der Waals surface area contributed by atoms with E-state index in [-0.39, 0.29) is 16.8 Å². The van der Waals surface area contributed by atoms with E-state index in [0.717, 1.165) is 43.4 Å². The van der Waals surface area contributed by atoms with Crippen LogP contribution < -0.4 is 22.1 Å². The van der Waals surface area contributed by atoms with Gasteiger partial charge in [0.25, 0.3) is 0 Å². The number of aldehydes is 1. The number of nitrogens with zero attached hydrogens (tertiary/aromatic N) is 4. The summed E-state index contributed by atoms with van der Waals surface area (Å²) in [5.74, 6) is 2.10. The zero-order chi connectivity index (χ0) is 26.7. The van der Waals surface area contributed by atoms with Crippen LogP contribution >= 0.6 is 11.6 Å². The second-order valence-electron chi connectivity index (χ2n) is 9.81. The third-order valence-corrected chi connectivity index (χ3v) is 7.57. The number of carbonyl (C=O) groups excluding carboxylic acids is 1. The number of halogens is 2. The molecule has 37 heavy (non-hydrogen) atoms. The Bertz CT molecular complexity index is 1260. The number of carbonyl (C=O) groups is 1. The summed E-state index contributed by atoms with van der Waals surface area (Å²) >= 11 is 5.48. The third-order valence-electron chi connectivity index (χ3n) is 7.28. The van der Waals surface area contributed by atoms with Crippen LogP contribution in [0.5, 0.6) is 0 Å². The molecule has 2 unspecified atom stereocenters. The van der Waals surface area contributed by atoms with Gasteiger partial charge in [-0.1, -0.05) is 11.6 Å². The highest BCUT2D eigenvalue weighted by atomic mass is 35.5. The lowest BCUT2D eigenvalue weighted by atomic mass is 9.92. The van der Waals surface area contributed by atoms with Crippen molar-refractivity contribution in [3.05, 3.63) is 52.7 Å². The maximum absolute atomic E-state index is 12.5. The Balaban J connectivity index is 0.000000270. The lowest BCUT2D eigenvalue weighted by molar-refractivity contribution is 0.0514. The largest absolute Gasteiger partial charge is 0.388 e. The number of benzene rings is 1. The third kappa shape index (κ3) is 5.94. The molecule has 0 saturated heterocycles. The van der Waals surface area contributed by atoms with E-state index in [9.17, 15) is 14.3 Å². The Morgan fingerprint density at radius 1 is 1.24 bits per heavy atom. The van der Waals surface area contributed by atoms with Crippen molar-refractivity contribution < 1.29 is 14.3 Å². The van der Waals surface area contributed by atoms with Crippen LogP contribution in [-0.2, 0) is 7.05 Å². The molecule has 2 atom stereocenters. The van der Waals surface area contributed by atoms with E-state index < -0.39 is 5.60 Å². The van der Waals surface area contributed by atoms with Crippen molar-refractivity contribution in [1.82, 2.24) is 19.7 Å². The van der Waals surface area contributed by atoms with Gasteiger partial charge in [-0.2, -0.15) is 5.10 Å². The smallest absolute Gasteiger partial charge is 0.155 e. The average molecular weight is 531 g/mol. The molecule has 2 aliphatic carbocycles. The summed E-state index contributed by atoms with van der Waals surface area (Å²) in [6.45, 7) is 0.428. The van der Waals surface area contributed by atoms with Gasteiger partial charge in [-0.05, 0) is 55.7 Å². The van der Waals surface area contributed by atoms with E-state index in [4.69, 9.17) is 23.1 Å². The zero-order valence-electron chi connectivity index (χ0n) is 20.8. The number of anilines is 4. The van der Waals surface area contributed by atoms with Gasteiger partial charge in [-0.3, -0.25) is 9.48 Å². The highest BCUT2D eigenvalue weighted by Crippen LogP contribution is 2.54. The van der Waals surface area contributed by atoms with E-state index in [1.54, 1.807) is 30.9 Å². The minimum atomic E-state index is -0.767. The standard InChI is InChI=1S/C18H25N7O2.C7H7ClFN/c1-25-17(20)13(7-26)16(24-25)10-2-11-5-18(27,6-12(11)3-10)8-21-15-4-14(19)22-9-23-15;1-10-5-2-3-7(9)6(8)4-5/h4,7,9-12,27H,2-3,5-6,8,20H2,1H3,(H3,19,21,22,23);2-4,10H,1H3. The van der Waals surface area contributed by atoms with Crippen molar-refractivity contribution in [2.45, 2.75) is 37.2 Å². The van der Waals surface area contributed by atoms with Gasteiger partial charge in [-0.25, -0.2) is 14.4 Å². The minimum absolute atomic E-state index is 0.145. The molecule has 198 valence electrons. The number of nitrogens with two attached hydrogens (primary N) is 2. The Hall–Kier alpha value is -3.44. The topological polar surface area (TPSA) is 157 Å². The molecule has 12 heteroatoms. The summed E-state index contributed by atoms with van der Waals surface area (Å²) in [6.07, 6.45) is 5.49. The fourth-order valence-electron chi connectivity index (χ4n) is 5.51. The summed E-state index contributed by atoms with van der Waals surface area (Å²) < 4.78 is 14.0. The number of nitrogen functional groups attached to an aromatic ring is 2. The SMILES string of the molecule is CNc1ccc(F)c(Cl)c1.Cn1nc(C2CC3CC(O)(CNc4cc(N)ncn4)CC3C2)c(C=O)c1N. The van der Waals surface area contributed by atoms with Crippen LogP contribution in [-0.4, -0.2) is 50.3 Å². The van der Waals surface area contributed by atoms with Crippen LogP contribution in [0.1, 0.15) is 47.7 Å². The fraction of sp³-hybridized carbons (Fsp3) is 0.440. The molecule has 2 saturated carbocycles. The van der Waals surface area contributed by atoms with E-state index in [1.165, 1.54) is 18.5 Å². The number of hydrogen-bond donors (Lipinski definition) is 5. The molecular formula is C25H32ClFN8O2. The van der Waals surface area contributed by atoms with Crippen molar-refractivity contribution in [2.75, 3.05) is 35.7 Å². The predicted octanol–water partition coefficient (Wildman–Crippen LogP) is 3.45. The van der Waals surface area contributed by atoms with Crippen LogP contribution in [0.15, 0.2) is 30.6 Å². The fourth-order valence-corrected chi connectivity index (χ4v) is 5.69. The number of aromatic nitrogens is 4. The molecule has 2 fully saturated rings. The molecule has 0 bridgehead atoms. The summed E-state index contributed by atoms with van der Waals surface area (Å²) in [5.41, 5.74) is 13.0. The highest BCUT2D eigenvalue weighted by Gasteiger charge is 2.49. The number of hydrogen-bond acceptors (Lipinski definition) is 9. The zero-order valence-corrected chi connectivity index (χ0v) is 21.5. The van der Waals surface area contributed by atoms with Gasteiger partial charge in [0, 0.05) is 38.3 Å². The van der Waals surface area contributed by atoms with Crippen molar-refractivity contribution in [3.63, 3.8) is 0 Å². The molecule has 2 aliphatic rings. The van der Waals surface area contributed by atoms with Crippen LogP contribution in [0, 0.1) is 17.7 Å². The van der Waals surface area contributed by atoms with Crippen molar-refractivity contribution >= 4 is 41.0 Å². The van der Waals surface area contributed by atoms with Gasteiger partial charge in [-0.15, -0.1) is 0 Å². The Morgan fingerprint density at radius 2 is 1.95 bits per heavy atom. The number of rotatable bonds is 6. The van der Waals surface area contributed by atoms with Gasteiger partial charge in [0.05, 0.1) is 21.9 Å². The second-order valence-corrected chi connectivity index (χ2v) is 10.2. The molecule has 2 heterocycles. The summed E-state index contributed by atoms with van der Waals surface area (Å²) in [7, 11) is 3.51. The summed E-state index contributed by atoms with van der Waals surface area (Å²) in [4.78, 5) is 19.4. The van der Waals surface area contributed by atoms with Crippen molar-refractivity contribution in [1.29, 1.82) is 0 Å². The van der Waals surface area contributed by atoms with Gasteiger partial charge < -0.3 is 27.2 Å². The Kier molecular flexibility index (Phi) is 7.84. The molecule has 0 amide bonds. The van der Waals surface area contributed by atoms with Gasteiger partial charge in [0.15, 0.2) is 6.29 Å². The van der Waals surface area contributed by atoms with Gasteiger partial charge in [0.2, 0.25) is 0 Å². The molecule has 2 aromatic heterocycles. The number of fused-ring (bicyclic) bond motifs is 1. The molecule has 10 nitrogen and oxygen atoms in total. The monoisotopic (exact) mass is 530 g/mol. The molecule has 0 spiro atoms. The maximum Gasteiger partial charge on any atom is 0.155 e. The predicted molar refractivity (Wildman–Crippen MR) is 142 cm³/mol. The lowest BCUT2D eigenvalue weighted by Gasteiger charge is -2.25. The van der Waals surface area contributed by atoms with Gasteiger partial charge >= 0.3 is 0 Å². The van der Waals surface area contributed by atoms with E-state index in [1.807, 2.05) is 0 Å². The lowest BCUT2D eigenvalue weighted by Crippen LogP contribution is -2.35. The number of nitrogens with one attached hydrogen (secondary N) is 2. The highest BCUT2D eigenvalue weighted by molar-refractivity contribution is 6.31. The second kappa shape index (κ2) is 10.9. The summed E-state index contributed by atoms with van der Waals surface area (Å²) in [5, 5.41) is 21.6. The molecular weight excluding hydrogens is 499 g/mol. The number of aliphatic hydroxyl groups is 1. The van der Waals surface area contributed by atoms with Crippen LogP contribution in [0.4, 0.5) is 27.5 Å². The van der Waals surface area contributed by atoms with E-state index >= 15 is 0 Å². The quantitative estimate of drug-likeness (QED) is 0.301. The molecule has 3 aromatic rings. The number of aryl methyl sites for hydroxylation is 1. The molecule has 7 N–H and O–H groups in total. The average Bonchev–Trinajstić information content (AvgIpc) is 3.49. The van der Waals surface area contributed by atoms with Crippen molar-refractivity contribution in [3.8, 4) is 0 Å². The Morgan fingerprint density at radius 3 is 2.54 bits per heavy atom. The summed E-state index contributed by atoms with van der Waals surface area (Å²) in [6, 6.07) is 6.15. The molecule has 5 rings (SSSR count). The van der Waals surface area contributed by atoms with Crippen LogP contribution in [0.25, 0.3) is 0 Å². The first-order valence-corrected chi connectivity index (χ1v) is 12.4. The first-order chi connectivity index (χ1) is 17.6. The van der Waals surface area contributed by atoms with Crippen LogP contribution in [0.2, 0.25) is 5.02 Å². The molecule has 0 radical (unpaired) electrons. The first kappa shape index (κ1) is 26.6. The van der Waals surface area contributed by atoms with Crippen molar-refractivity contribution in [2.24, 2.45) is 18.9 Å². The van der Waals surface area contributed by atoms with Crippen LogP contribution in [0.3, 0.4) is 0 Å². The Labute approximate surface area is 219 Å². The van der Waals surface area contributed by atoms with E-state index in [2.05, 4.69) is 25.7 Å². The maximum atomic E-state index is 12.5. The van der Waals surface area contributed by atoms with Gasteiger partial charge in [0.1, 0.15) is 29.6 Å². The molecule has 1 aromatic carbocycles.